The van der Waals surface area contributed by atoms with Crippen LogP contribution >= 0.6 is 15.9 Å². The second-order valence-electron chi connectivity index (χ2n) is 5.25. The van der Waals surface area contributed by atoms with Gasteiger partial charge in [0.05, 0.1) is 4.90 Å². The topological polar surface area (TPSA) is 75.4 Å². The summed E-state index contributed by atoms with van der Waals surface area (Å²) in [7, 11) is -1.49. The predicted molar refractivity (Wildman–Crippen MR) is 84.1 cm³/mol. The van der Waals surface area contributed by atoms with E-state index in [1.807, 2.05) is 7.05 Å². The molecule has 1 saturated carbocycles. The van der Waals surface area contributed by atoms with E-state index >= 15 is 0 Å². The largest absolute Gasteiger partial charge is 0.398 e. The highest BCUT2D eigenvalue weighted by Gasteiger charge is 2.26. The Bertz CT molecular complexity index is 600. The normalized spacial score (nSPS) is 15.8. The number of nitrogens with zero attached hydrogens (tertiary/aromatic N) is 1. The molecule has 20 heavy (non-hydrogen) atoms. The van der Waals surface area contributed by atoms with Crippen molar-refractivity contribution in [3.05, 3.63) is 22.2 Å². The molecule has 0 aliphatic heterocycles. The fourth-order valence-corrected chi connectivity index (χ4v) is 3.83. The maximum atomic E-state index is 12.3. The number of hydrogen-bond acceptors (Lipinski definition) is 4. The summed E-state index contributed by atoms with van der Waals surface area (Å²) in [5.74, 6) is 0. The highest BCUT2D eigenvalue weighted by Crippen LogP contribution is 2.27. The molecule has 0 spiro atoms. The quantitative estimate of drug-likeness (QED) is 0.756. The number of sulfonamides is 1. The van der Waals surface area contributed by atoms with Gasteiger partial charge >= 0.3 is 0 Å². The number of nitrogens with two attached hydrogens (primary N) is 1. The van der Waals surface area contributed by atoms with E-state index in [0.29, 0.717) is 28.3 Å². The van der Waals surface area contributed by atoms with Crippen molar-refractivity contribution in [1.29, 1.82) is 0 Å². The molecule has 0 saturated heterocycles. The number of nitrogen functional groups attached to an aromatic ring is 1. The Kier molecular flexibility index (Phi) is 4.73. The Morgan fingerprint density at radius 3 is 2.70 bits per heavy atom. The van der Waals surface area contributed by atoms with Crippen molar-refractivity contribution in [1.82, 2.24) is 9.62 Å². The lowest BCUT2D eigenvalue weighted by Crippen LogP contribution is -2.34. The Labute approximate surface area is 128 Å². The van der Waals surface area contributed by atoms with E-state index < -0.39 is 10.0 Å². The van der Waals surface area contributed by atoms with Crippen LogP contribution in [0.15, 0.2) is 21.5 Å². The summed E-state index contributed by atoms with van der Waals surface area (Å²) in [5, 5.41) is 0. The molecule has 0 heterocycles. The zero-order valence-electron chi connectivity index (χ0n) is 11.7. The smallest absolute Gasteiger partial charge is 0.240 e. The van der Waals surface area contributed by atoms with Crippen molar-refractivity contribution in [3.8, 4) is 0 Å². The molecule has 5 nitrogen and oxygen atoms in total. The van der Waals surface area contributed by atoms with Crippen LogP contribution in [0.4, 0.5) is 5.69 Å². The van der Waals surface area contributed by atoms with Gasteiger partial charge in [0.1, 0.15) is 0 Å². The van der Waals surface area contributed by atoms with Crippen LogP contribution in [0.3, 0.4) is 0 Å². The molecule has 7 heteroatoms. The van der Waals surface area contributed by atoms with Gasteiger partial charge in [0, 0.05) is 29.3 Å². The lowest BCUT2D eigenvalue weighted by atomic mass is 10.2. The Balaban J connectivity index is 2.04. The fraction of sp³-hybridized carbons (Fsp3) is 0.538. The van der Waals surface area contributed by atoms with Gasteiger partial charge in [-0.2, -0.15) is 0 Å². The molecular formula is C13H20BrN3O2S. The molecule has 0 radical (unpaired) electrons. The van der Waals surface area contributed by atoms with Crippen LogP contribution in [0.25, 0.3) is 0 Å². The number of aryl methyl sites for hydroxylation is 1. The van der Waals surface area contributed by atoms with Crippen LogP contribution in [0.5, 0.6) is 0 Å². The molecule has 1 aliphatic rings. The Morgan fingerprint density at radius 2 is 2.10 bits per heavy atom. The van der Waals surface area contributed by atoms with Gasteiger partial charge in [-0.1, -0.05) is 0 Å². The minimum Gasteiger partial charge on any atom is -0.398 e. The van der Waals surface area contributed by atoms with E-state index in [1.165, 1.54) is 18.9 Å². The average Bonchev–Trinajstić information content (AvgIpc) is 3.17. The zero-order chi connectivity index (χ0) is 14.9. The Hall–Kier alpha value is -0.630. The van der Waals surface area contributed by atoms with Crippen LogP contribution in [0, 0.1) is 6.92 Å². The zero-order valence-corrected chi connectivity index (χ0v) is 14.1. The van der Waals surface area contributed by atoms with E-state index in [1.54, 1.807) is 13.0 Å². The van der Waals surface area contributed by atoms with Gasteiger partial charge in [-0.25, -0.2) is 13.1 Å². The number of halogens is 1. The monoisotopic (exact) mass is 361 g/mol. The number of hydrogen-bond donors (Lipinski definition) is 2. The van der Waals surface area contributed by atoms with Gasteiger partial charge in [-0.3, -0.25) is 0 Å². The first-order chi connectivity index (χ1) is 9.31. The second-order valence-corrected chi connectivity index (χ2v) is 7.84. The first kappa shape index (κ1) is 15.8. The minimum atomic E-state index is -3.51. The molecule has 0 aromatic heterocycles. The summed E-state index contributed by atoms with van der Waals surface area (Å²) in [6.07, 6.45) is 2.43. The third-order valence-electron chi connectivity index (χ3n) is 3.51. The van der Waals surface area contributed by atoms with E-state index in [9.17, 15) is 8.42 Å². The highest BCUT2D eigenvalue weighted by molar-refractivity contribution is 9.10. The third-order valence-corrected chi connectivity index (χ3v) is 5.80. The molecule has 0 atom stereocenters. The molecule has 2 rings (SSSR count). The number of likely N-dealkylation sites (N-methyl/N-ethyl adjacent to an activating group) is 1. The molecule has 0 amide bonds. The van der Waals surface area contributed by atoms with E-state index in [2.05, 4.69) is 25.6 Å². The molecule has 0 unspecified atom stereocenters. The lowest BCUT2D eigenvalue weighted by Gasteiger charge is -2.16. The summed E-state index contributed by atoms with van der Waals surface area (Å²) in [6, 6.07) is 3.84. The first-order valence-electron chi connectivity index (χ1n) is 6.57. The van der Waals surface area contributed by atoms with Gasteiger partial charge in [0.2, 0.25) is 10.0 Å². The van der Waals surface area contributed by atoms with Crippen molar-refractivity contribution in [2.75, 3.05) is 25.9 Å². The van der Waals surface area contributed by atoms with Gasteiger partial charge in [0.25, 0.3) is 0 Å². The van der Waals surface area contributed by atoms with Gasteiger partial charge < -0.3 is 10.6 Å². The third kappa shape index (κ3) is 3.72. The summed E-state index contributed by atoms with van der Waals surface area (Å²) < 4.78 is 27.9. The SMILES string of the molecule is Cc1cc(Br)c(N)cc1S(=O)(=O)NCCN(C)C1CC1. The molecule has 0 bridgehead atoms. The van der Waals surface area contributed by atoms with Crippen LogP contribution < -0.4 is 10.5 Å². The van der Waals surface area contributed by atoms with Gasteiger partial charge in [0.15, 0.2) is 0 Å². The molecule has 1 aliphatic carbocycles. The summed E-state index contributed by atoms with van der Waals surface area (Å²) in [4.78, 5) is 2.43. The molecular weight excluding hydrogens is 342 g/mol. The van der Waals surface area contributed by atoms with E-state index in [4.69, 9.17) is 5.73 Å². The van der Waals surface area contributed by atoms with Crippen molar-refractivity contribution in [2.24, 2.45) is 0 Å². The van der Waals surface area contributed by atoms with Crippen molar-refractivity contribution in [3.63, 3.8) is 0 Å². The van der Waals surface area contributed by atoms with Crippen LogP contribution in [0.2, 0.25) is 0 Å². The molecule has 1 aromatic rings. The fourth-order valence-electron chi connectivity index (χ4n) is 2.09. The molecule has 1 fully saturated rings. The van der Waals surface area contributed by atoms with Crippen molar-refractivity contribution >= 4 is 31.6 Å². The van der Waals surface area contributed by atoms with Crippen LogP contribution in [-0.2, 0) is 10.0 Å². The van der Waals surface area contributed by atoms with Gasteiger partial charge in [-0.05, 0) is 60.4 Å². The summed E-state index contributed by atoms with van der Waals surface area (Å²) in [5.41, 5.74) is 6.86. The number of anilines is 1. The average molecular weight is 362 g/mol. The molecule has 3 N–H and O–H groups in total. The van der Waals surface area contributed by atoms with E-state index in [0.717, 1.165) is 6.54 Å². The lowest BCUT2D eigenvalue weighted by molar-refractivity contribution is 0.329. The van der Waals surface area contributed by atoms with Crippen LogP contribution in [0.1, 0.15) is 18.4 Å². The first-order valence-corrected chi connectivity index (χ1v) is 8.84. The van der Waals surface area contributed by atoms with Crippen molar-refractivity contribution < 1.29 is 8.42 Å². The predicted octanol–water partition coefficient (Wildman–Crippen LogP) is 1.71. The second kappa shape index (κ2) is 6.01. The summed E-state index contributed by atoms with van der Waals surface area (Å²) in [6.45, 7) is 2.88. The minimum absolute atomic E-state index is 0.243. The molecule has 112 valence electrons. The molecule has 1 aromatic carbocycles. The van der Waals surface area contributed by atoms with Crippen molar-refractivity contribution in [2.45, 2.75) is 30.7 Å². The van der Waals surface area contributed by atoms with E-state index in [-0.39, 0.29) is 4.90 Å². The number of rotatable bonds is 6. The van der Waals surface area contributed by atoms with Crippen LogP contribution in [-0.4, -0.2) is 39.5 Å². The Morgan fingerprint density at radius 1 is 1.45 bits per heavy atom. The number of nitrogens with one attached hydrogen (secondary N) is 1. The highest BCUT2D eigenvalue weighted by atomic mass is 79.9. The standard InChI is InChI=1S/C13H20BrN3O2S/c1-9-7-11(14)12(15)8-13(9)20(18,19)16-5-6-17(2)10-3-4-10/h7-8,10,16H,3-6,15H2,1-2H3. The maximum absolute atomic E-state index is 12.3. The number of benzene rings is 1. The van der Waals surface area contributed by atoms with Gasteiger partial charge in [-0.15, -0.1) is 0 Å². The maximum Gasteiger partial charge on any atom is 0.240 e. The summed E-state index contributed by atoms with van der Waals surface area (Å²) >= 11 is 3.29.